The fourth-order valence-corrected chi connectivity index (χ4v) is 7.44. The van der Waals surface area contributed by atoms with Crippen LogP contribution in [0.15, 0.2) is 84.9 Å². The molecule has 4 amide bonds. The summed E-state index contributed by atoms with van der Waals surface area (Å²) in [6.07, 6.45) is 1.90. The molecule has 2 aliphatic heterocycles. The number of nitrogens with one attached hydrogen (secondary N) is 4. The quantitative estimate of drug-likeness (QED) is 0.118. The molecule has 0 aliphatic carbocycles. The summed E-state index contributed by atoms with van der Waals surface area (Å²) in [5.41, 5.74) is 5.22. The van der Waals surface area contributed by atoms with Crippen LogP contribution in [0.25, 0.3) is 0 Å². The third-order valence-electron chi connectivity index (χ3n) is 10.1. The van der Waals surface area contributed by atoms with E-state index < -0.39 is 0 Å². The average molecular weight is 737 g/mol. The Morgan fingerprint density at radius 1 is 0.593 bits per heavy atom. The maximum atomic E-state index is 14.3. The van der Waals surface area contributed by atoms with Gasteiger partial charge in [-0.2, -0.15) is 0 Å². The summed E-state index contributed by atoms with van der Waals surface area (Å²) in [6.45, 7) is 8.01. The first-order chi connectivity index (χ1) is 26.0. The van der Waals surface area contributed by atoms with Crippen LogP contribution in [-0.2, 0) is 9.59 Å². The number of carbonyl (C=O) groups excluding carboxylic acids is 4. The van der Waals surface area contributed by atoms with E-state index in [1.54, 1.807) is 70.5 Å². The monoisotopic (exact) mass is 736 g/mol. The van der Waals surface area contributed by atoms with Crippen molar-refractivity contribution in [1.82, 2.24) is 10.6 Å². The zero-order chi connectivity index (χ0) is 38.5. The van der Waals surface area contributed by atoms with Gasteiger partial charge < -0.3 is 31.1 Å². The van der Waals surface area contributed by atoms with Crippen LogP contribution in [0.1, 0.15) is 97.3 Å². The lowest BCUT2D eigenvalue weighted by Gasteiger charge is -2.40. The van der Waals surface area contributed by atoms with E-state index in [2.05, 4.69) is 21.3 Å². The van der Waals surface area contributed by atoms with Gasteiger partial charge in [0.1, 0.15) is 11.6 Å². The second kappa shape index (κ2) is 16.5. The standard InChI is InChI=1S/C42H46F2N6O4/c1-5-39(51)49-25(3)21-35(33-23-29(43)11-17-37(33)49)47-31-13-7-27(8-14-31)41(53)45-19-20-46-42(54)28-9-15-32(16-10-28)48-36-22-26(4)50(40(52)6-2)38-18-12-30(44)24-34(36)38/h7-18,23-26,35-36,47-48H,5-6,19-22H2,1-4H3,(H,45,53)(H,46,54)/t25-,26-,35+,36+/m0/s1. The van der Waals surface area contributed by atoms with Crippen molar-refractivity contribution in [3.05, 3.63) is 119 Å². The van der Waals surface area contributed by atoms with Crippen molar-refractivity contribution in [2.75, 3.05) is 33.5 Å². The molecular weight excluding hydrogens is 690 g/mol. The zero-order valence-electron chi connectivity index (χ0n) is 30.9. The molecule has 2 heterocycles. The van der Waals surface area contributed by atoms with Gasteiger partial charge in [-0.1, -0.05) is 13.8 Å². The van der Waals surface area contributed by atoms with Crippen LogP contribution in [0.5, 0.6) is 0 Å². The highest BCUT2D eigenvalue weighted by Crippen LogP contribution is 2.41. The first-order valence-corrected chi connectivity index (χ1v) is 18.5. The minimum atomic E-state index is -0.372. The number of halogens is 2. The number of amides is 4. The summed E-state index contributed by atoms with van der Waals surface area (Å²) in [6, 6.07) is 22.3. The van der Waals surface area contributed by atoms with Crippen LogP contribution in [0, 0.1) is 11.6 Å². The molecule has 0 radical (unpaired) electrons. The van der Waals surface area contributed by atoms with Gasteiger partial charge in [-0.3, -0.25) is 19.2 Å². The van der Waals surface area contributed by atoms with E-state index in [-0.39, 0.29) is 72.5 Å². The van der Waals surface area contributed by atoms with Crippen molar-refractivity contribution >= 4 is 46.4 Å². The lowest BCUT2D eigenvalue weighted by molar-refractivity contribution is -0.119. The Balaban J connectivity index is 0.986. The largest absolute Gasteiger partial charge is 0.378 e. The molecule has 0 aromatic heterocycles. The molecule has 4 aromatic carbocycles. The van der Waals surface area contributed by atoms with Crippen molar-refractivity contribution in [3.63, 3.8) is 0 Å². The van der Waals surface area contributed by atoms with Crippen LogP contribution < -0.4 is 31.1 Å². The normalized spacial score (nSPS) is 18.9. The van der Waals surface area contributed by atoms with Crippen LogP contribution in [0.3, 0.4) is 0 Å². The number of hydrogen-bond donors (Lipinski definition) is 4. The van der Waals surface area contributed by atoms with Crippen LogP contribution in [-0.4, -0.2) is 48.8 Å². The van der Waals surface area contributed by atoms with E-state index in [1.807, 2.05) is 27.7 Å². The Bertz CT molecular complexity index is 1880. The summed E-state index contributed by atoms with van der Waals surface area (Å²) in [4.78, 5) is 54.5. The third kappa shape index (κ3) is 8.22. The predicted molar refractivity (Wildman–Crippen MR) is 207 cm³/mol. The van der Waals surface area contributed by atoms with Gasteiger partial charge in [0.05, 0.1) is 12.1 Å². The molecule has 10 nitrogen and oxygen atoms in total. The molecule has 0 saturated carbocycles. The molecule has 54 heavy (non-hydrogen) atoms. The Hall–Kier alpha value is -5.78. The molecule has 0 fully saturated rings. The van der Waals surface area contributed by atoms with Gasteiger partial charge in [-0.25, -0.2) is 8.78 Å². The number of benzene rings is 4. The van der Waals surface area contributed by atoms with Crippen molar-refractivity contribution in [2.45, 2.75) is 77.5 Å². The maximum Gasteiger partial charge on any atom is 0.251 e. The molecule has 0 unspecified atom stereocenters. The summed E-state index contributed by atoms with van der Waals surface area (Å²) >= 11 is 0. The van der Waals surface area contributed by atoms with Gasteiger partial charge >= 0.3 is 0 Å². The lowest BCUT2D eigenvalue weighted by atomic mass is 9.91. The van der Waals surface area contributed by atoms with Gasteiger partial charge in [0.25, 0.3) is 11.8 Å². The van der Waals surface area contributed by atoms with Crippen LogP contribution in [0.2, 0.25) is 0 Å². The summed E-state index contributed by atoms with van der Waals surface area (Å²) < 4.78 is 28.5. The molecule has 4 N–H and O–H groups in total. The van der Waals surface area contributed by atoms with E-state index in [4.69, 9.17) is 0 Å². The molecule has 12 heteroatoms. The molecule has 0 spiro atoms. The second-order valence-electron chi connectivity index (χ2n) is 13.9. The van der Waals surface area contributed by atoms with E-state index in [1.165, 1.54) is 24.3 Å². The number of fused-ring (bicyclic) bond motifs is 2. The highest BCUT2D eigenvalue weighted by atomic mass is 19.1. The Morgan fingerprint density at radius 3 is 1.31 bits per heavy atom. The first kappa shape index (κ1) is 38.0. The van der Waals surface area contributed by atoms with Gasteiger partial charge in [0.2, 0.25) is 11.8 Å². The van der Waals surface area contributed by atoms with Gasteiger partial charge in [0.15, 0.2) is 0 Å². The van der Waals surface area contributed by atoms with Crippen LogP contribution >= 0.6 is 0 Å². The van der Waals surface area contributed by atoms with Crippen molar-refractivity contribution in [3.8, 4) is 0 Å². The van der Waals surface area contributed by atoms with E-state index in [9.17, 15) is 28.0 Å². The molecule has 4 atom stereocenters. The number of rotatable bonds is 11. The second-order valence-corrected chi connectivity index (χ2v) is 13.9. The summed E-state index contributed by atoms with van der Waals surface area (Å²) in [7, 11) is 0. The molecule has 6 rings (SSSR count). The van der Waals surface area contributed by atoms with Crippen molar-refractivity contribution in [1.29, 1.82) is 0 Å². The smallest absolute Gasteiger partial charge is 0.251 e. The number of carbonyl (C=O) groups is 4. The molecule has 282 valence electrons. The van der Waals surface area contributed by atoms with Gasteiger partial charge in [-0.15, -0.1) is 0 Å². The summed E-state index contributed by atoms with van der Waals surface area (Å²) in [5.74, 6) is -1.35. The zero-order valence-corrected chi connectivity index (χ0v) is 30.9. The minimum absolute atomic E-state index is 0.0109. The average Bonchev–Trinajstić information content (AvgIpc) is 3.17. The molecule has 0 saturated heterocycles. The van der Waals surface area contributed by atoms with E-state index >= 15 is 0 Å². The Morgan fingerprint density at radius 2 is 0.963 bits per heavy atom. The molecule has 2 aliphatic rings. The number of nitrogens with zero attached hydrogens (tertiary/aromatic N) is 2. The fraction of sp³-hybridized carbons (Fsp3) is 0.333. The predicted octanol–water partition coefficient (Wildman–Crippen LogP) is 7.50. The SMILES string of the molecule is CCC(=O)N1c2ccc(F)cc2[C@H](Nc2ccc(C(=O)NCCNC(=O)c3ccc(N[C@@H]4C[C@H](C)N(C(=O)CC)c5ccc(F)cc54)cc3)cc2)C[C@@H]1C. The van der Waals surface area contributed by atoms with Gasteiger partial charge in [-0.05, 0) is 112 Å². The van der Waals surface area contributed by atoms with E-state index in [0.717, 1.165) is 11.4 Å². The van der Waals surface area contributed by atoms with Crippen LogP contribution in [0.4, 0.5) is 31.5 Å². The Labute approximate surface area is 314 Å². The Kier molecular flexibility index (Phi) is 11.6. The number of hydrogen-bond acceptors (Lipinski definition) is 6. The van der Waals surface area contributed by atoms with Crippen molar-refractivity contribution < 1.29 is 28.0 Å². The summed E-state index contributed by atoms with van der Waals surface area (Å²) in [5, 5.41) is 12.5. The van der Waals surface area contributed by atoms with Crippen molar-refractivity contribution in [2.24, 2.45) is 0 Å². The maximum absolute atomic E-state index is 14.3. The number of anilines is 4. The third-order valence-corrected chi connectivity index (χ3v) is 10.1. The molecule has 0 bridgehead atoms. The molecular formula is C42H46F2N6O4. The highest BCUT2D eigenvalue weighted by Gasteiger charge is 2.35. The van der Waals surface area contributed by atoms with Gasteiger partial charge in [0, 0.05) is 83.0 Å². The fourth-order valence-electron chi connectivity index (χ4n) is 7.44. The van der Waals surface area contributed by atoms with E-state index in [0.29, 0.717) is 59.3 Å². The minimum Gasteiger partial charge on any atom is -0.378 e. The topological polar surface area (TPSA) is 123 Å². The molecule has 4 aromatic rings. The lowest BCUT2D eigenvalue weighted by Crippen LogP contribution is -2.44. The first-order valence-electron chi connectivity index (χ1n) is 18.5. The highest BCUT2D eigenvalue weighted by molar-refractivity contribution is 5.97.